The van der Waals surface area contributed by atoms with E-state index in [1.165, 1.54) is 0 Å². The molecule has 1 aromatic heterocycles. The molecule has 0 unspecified atom stereocenters. The van der Waals surface area contributed by atoms with Crippen molar-refractivity contribution in [1.29, 1.82) is 0 Å². The molecule has 0 atom stereocenters. The van der Waals surface area contributed by atoms with Gasteiger partial charge in [-0.15, -0.1) is 0 Å². The van der Waals surface area contributed by atoms with Crippen LogP contribution in [0.3, 0.4) is 0 Å². The van der Waals surface area contributed by atoms with E-state index in [0.717, 1.165) is 25.5 Å². The van der Waals surface area contributed by atoms with Crippen LogP contribution in [-0.2, 0) is 11.3 Å². The van der Waals surface area contributed by atoms with Crippen molar-refractivity contribution in [2.45, 2.75) is 6.54 Å². The first kappa shape index (κ1) is 8.23. The smallest absolute Gasteiger partial charge is 0.120 e. The first-order valence-corrected chi connectivity index (χ1v) is 3.61. The SMILES string of the molecule is COCCNCc1ncc[nH]1. The number of nitrogens with zero attached hydrogens (tertiary/aromatic N) is 1. The quantitative estimate of drug-likeness (QED) is 0.595. The molecular formula is C7H13N3O. The number of rotatable bonds is 5. The van der Waals surface area contributed by atoms with Crippen LogP contribution in [0.1, 0.15) is 5.82 Å². The summed E-state index contributed by atoms with van der Waals surface area (Å²) in [5.74, 6) is 0.959. The summed E-state index contributed by atoms with van der Waals surface area (Å²) in [4.78, 5) is 7.05. The third kappa shape index (κ3) is 3.15. The number of hydrogen-bond acceptors (Lipinski definition) is 3. The maximum absolute atomic E-state index is 4.87. The zero-order chi connectivity index (χ0) is 7.94. The second-order valence-electron chi connectivity index (χ2n) is 2.21. The van der Waals surface area contributed by atoms with Crippen molar-refractivity contribution in [3.8, 4) is 0 Å². The average Bonchev–Trinajstić information content (AvgIpc) is 2.50. The summed E-state index contributed by atoms with van der Waals surface area (Å²) in [5.41, 5.74) is 0. The maximum atomic E-state index is 4.87. The van der Waals surface area contributed by atoms with Crippen LogP contribution in [0.4, 0.5) is 0 Å². The predicted molar refractivity (Wildman–Crippen MR) is 42.2 cm³/mol. The Balaban J connectivity index is 2.04. The molecule has 0 aliphatic heterocycles. The number of H-pyrrole nitrogens is 1. The number of aromatic amines is 1. The molecular weight excluding hydrogens is 142 g/mol. The number of ether oxygens (including phenoxy) is 1. The summed E-state index contributed by atoms with van der Waals surface area (Å²) >= 11 is 0. The van der Waals surface area contributed by atoms with Gasteiger partial charge in [-0.2, -0.15) is 0 Å². The highest BCUT2D eigenvalue weighted by atomic mass is 16.5. The fraction of sp³-hybridized carbons (Fsp3) is 0.571. The minimum Gasteiger partial charge on any atom is -0.383 e. The zero-order valence-corrected chi connectivity index (χ0v) is 6.63. The Labute approximate surface area is 66.0 Å². The van der Waals surface area contributed by atoms with Crippen LogP contribution in [-0.4, -0.2) is 30.2 Å². The van der Waals surface area contributed by atoms with Gasteiger partial charge in [-0.3, -0.25) is 0 Å². The minimum absolute atomic E-state index is 0.737. The third-order valence-corrected chi connectivity index (χ3v) is 1.33. The van der Waals surface area contributed by atoms with Gasteiger partial charge in [0.2, 0.25) is 0 Å². The van der Waals surface area contributed by atoms with Crippen LogP contribution in [0.2, 0.25) is 0 Å². The number of aromatic nitrogens is 2. The molecule has 0 saturated heterocycles. The monoisotopic (exact) mass is 155 g/mol. The summed E-state index contributed by atoms with van der Waals surface area (Å²) in [7, 11) is 1.69. The van der Waals surface area contributed by atoms with Crippen LogP contribution in [0.25, 0.3) is 0 Å². The molecule has 0 aliphatic rings. The standard InChI is InChI=1S/C7H13N3O/c1-11-5-4-8-6-7-9-2-3-10-7/h2-3,8H,4-6H2,1H3,(H,9,10). The van der Waals surface area contributed by atoms with Gasteiger partial charge >= 0.3 is 0 Å². The van der Waals surface area contributed by atoms with Gasteiger partial charge in [0.1, 0.15) is 5.82 Å². The van der Waals surface area contributed by atoms with E-state index in [2.05, 4.69) is 15.3 Å². The van der Waals surface area contributed by atoms with Crippen molar-refractivity contribution in [3.05, 3.63) is 18.2 Å². The Kier molecular flexibility index (Phi) is 3.64. The molecule has 0 radical (unpaired) electrons. The normalized spacial score (nSPS) is 10.3. The summed E-state index contributed by atoms with van der Waals surface area (Å²) in [6.45, 7) is 2.37. The second-order valence-corrected chi connectivity index (χ2v) is 2.21. The van der Waals surface area contributed by atoms with Gasteiger partial charge in [0, 0.05) is 26.0 Å². The Bertz CT molecular complexity index is 174. The van der Waals surface area contributed by atoms with Crippen LogP contribution >= 0.6 is 0 Å². The molecule has 62 valence electrons. The van der Waals surface area contributed by atoms with Crippen molar-refractivity contribution in [2.24, 2.45) is 0 Å². The van der Waals surface area contributed by atoms with E-state index in [-0.39, 0.29) is 0 Å². The Morgan fingerprint density at radius 2 is 2.64 bits per heavy atom. The minimum atomic E-state index is 0.737. The van der Waals surface area contributed by atoms with Gasteiger partial charge in [-0.05, 0) is 0 Å². The van der Waals surface area contributed by atoms with Gasteiger partial charge in [-0.1, -0.05) is 0 Å². The van der Waals surface area contributed by atoms with Crippen molar-refractivity contribution in [2.75, 3.05) is 20.3 Å². The number of nitrogens with one attached hydrogen (secondary N) is 2. The molecule has 4 heteroatoms. The summed E-state index contributed by atoms with van der Waals surface area (Å²) < 4.78 is 4.87. The lowest BCUT2D eigenvalue weighted by Gasteiger charge is -1.99. The Morgan fingerprint density at radius 1 is 1.73 bits per heavy atom. The van der Waals surface area contributed by atoms with Crippen LogP contribution in [0.5, 0.6) is 0 Å². The number of methoxy groups -OCH3 is 1. The highest BCUT2D eigenvalue weighted by molar-refractivity contribution is 4.85. The molecule has 0 amide bonds. The second kappa shape index (κ2) is 4.87. The summed E-state index contributed by atoms with van der Waals surface area (Å²) in [6.07, 6.45) is 3.56. The molecule has 11 heavy (non-hydrogen) atoms. The number of hydrogen-bond donors (Lipinski definition) is 2. The maximum Gasteiger partial charge on any atom is 0.120 e. The van der Waals surface area contributed by atoms with Crippen molar-refractivity contribution < 1.29 is 4.74 Å². The molecule has 1 rings (SSSR count). The highest BCUT2D eigenvalue weighted by Gasteiger charge is 1.91. The lowest BCUT2D eigenvalue weighted by Crippen LogP contribution is -2.19. The fourth-order valence-electron chi connectivity index (χ4n) is 0.776. The molecule has 4 nitrogen and oxygen atoms in total. The third-order valence-electron chi connectivity index (χ3n) is 1.33. The van der Waals surface area contributed by atoms with E-state index >= 15 is 0 Å². The van der Waals surface area contributed by atoms with Crippen molar-refractivity contribution >= 4 is 0 Å². The van der Waals surface area contributed by atoms with Crippen molar-refractivity contribution in [1.82, 2.24) is 15.3 Å². The van der Waals surface area contributed by atoms with E-state index in [1.54, 1.807) is 13.3 Å². The molecule has 2 N–H and O–H groups in total. The van der Waals surface area contributed by atoms with E-state index < -0.39 is 0 Å². The molecule has 1 aromatic rings. The average molecular weight is 155 g/mol. The van der Waals surface area contributed by atoms with Crippen LogP contribution in [0, 0.1) is 0 Å². The van der Waals surface area contributed by atoms with Gasteiger partial charge in [0.05, 0.1) is 13.2 Å². The zero-order valence-electron chi connectivity index (χ0n) is 6.63. The van der Waals surface area contributed by atoms with Gasteiger partial charge in [0.25, 0.3) is 0 Å². The fourth-order valence-corrected chi connectivity index (χ4v) is 0.776. The van der Waals surface area contributed by atoms with Gasteiger partial charge in [-0.25, -0.2) is 4.98 Å². The lowest BCUT2D eigenvalue weighted by atomic mass is 10.5. The lowest BCUT2D eigenvalue weighted by molar-refractivity contribution is 0.199. The molecule has 0 saturated carbocycles. The molecule has 0 aliphatic carbocycles. The molecule has 0 bridgehead atoms. The highest BCUT2D eigenvalue weighted by Crippen LogP contribution is 1.85. The first-order chi connectivity index (χ1) is 5.43. The predicted octanol–water partition coefficient (Wildman–Crippen LogP) is 0.146. The Hall–Kier alpha value is -0.870. The van der Waals surface area contributed by atoms with Crippen LogP contribution in [0.15, 0.2) is 12.4 Å². The molecule has 0 spiro atoms. The van der Waals surface area contributed by atoms with E-state index in [1.807, 2.05) is 6.20 Å². The largest absolute Gasteiger partial charge is 0.383 e. The van der Waals surface area contributed by atoms with E-state index in [4.69, 9.17) is 4.74 Å². The first-order valence-electron chi connectivity index (χ1n) is 3.61. The molecule has 0 aromatic carbocycles. The van der Waals surface area contributed by atoms with Gasteiger partial charge < -0.3 is 15.0 Å². The summed E-state index contributed by atoms with van der Waals surface area (Å²) in [6, 6.07) is 0. The van der Waals surface area contributed by atoms with E-state index in [9.17, 15) is 0 Å². The topological polar surface area (TPSA) is 49.9 Å². The van der Waals surface area contributed by atoms with Crippen molar-refractivity contribution in [3.63, 3.8) is 0 Å². The molecule has 0 fully saturated rings. The van der Waals surface area contributed by atoms with E-state index in [0.29, 0.717) is 0 Å². The van der Waals surface area contributed by atoms with Gasteiger partial charge in [0.15, 0.2) is 0 Å². The summed E-state index contributed by atoms with van der Waals surface area (Å²) in [5, 5.41) is 3.17. The molecule has 1 heterocycles. The Morgan fingerprint density at radius 3 is 3.27 bits per heavy atom. The number of imidazole rings is 1. The van der Waals surface area contributed by atoms with Crippen LogP contribution < -0.4 is 5.32 Å².